The Hall–Kier alpha value is -2.84. The molecule has 0 radical (unpaired) electrons. The summed E-state index contributed by atoms with van der Waals surface area (Å²) in [4.78, 5) is 13.9. The second-order valence-corrected chi connectivity index (χ2v) is 8.29. The van der Waals surface area contributed by atoms with Crippen molar-refractivity contribution in [1.82, 2.24) is 19.8 Å². The molecule has 0 unspecified atom stereocenters. The number of nitrogens with one attached hydrogen (secondary N) is 2. The first kappa shape index (κ1) is 20.4. The molecule has 1 amide bonds. The number of rotatable bonds is 5. The van der Waals surface area contributed by atoms with Gasteiger partial charge in [-0.3, -0.25) is 4.79 Å². The van der Waals surface area contributed by atoms with Crippen LogP contribution in [0.4, 0.5) is 5.69 Å². The van der Waals surface area contributed by atoms with E-state index in [0.717, 1.165) is 42.9 Å². The fourth-order valence-corrected chi connectivity index (χ4v) is 4.15. The van der Waals surface area contributed by atoms with E-state index in [1.165, 1.54) is 10.5 Å². The highest BCUT2D eigenvalue weighted by Gasteiger charge is 2.28. The molecule has 3 aromatic rings. The number of likely N-dealkylation sites (tertiary alicyclic amines) is 1. The first-order valence-electron chi connectivity index (χ1n) is 10.3. The number of hydrogen-bond acceptors (Lipinski definition) is 4. The molecule has 8 heteroatoms. The van der Waals surface area contributed by atoms with Gasteiger partial charge in [0.25, 0.3) is 0 Å². The number of quaternary nitrogens is 1. The highest BCUT2D eigenvalue weighted by atomic mass is 32.1. The van der Waals surface area contributed by atoms with Crippen molar-refractivity contribution in [2.24, 2.45) is 5.92 Å². The molecule has 1 aliphatic heterocycles. The van der Waals surface area contributed by atoms with Gasteiger partial charge in [-0.1, -0.05) is 30.3 Å². The minimum absolute atomic E-state index is 0.0487. The lowest BCUT2D eigenvalue weighted by Crippen LogP contribution is -3.12. The van der Waals surface area contributed by atoms with Crippen LogP contribution in [-0.2, 0) is 11.5 Å². The summed E-state index contributed by atoms with van der Waals surface area (Å²) in [5.41, 5.74) is 4.17. The smallest absolute Gasteiger partial charge is 0.227 e. The zero-order chi connectivity index (χ0) is 21.1. The molecule has 0 bridgehead atoms. The second-order valence-electron chi connectivity index (χ2n) is 7.93. The van der Waals surface area contributed by atoms with Gasteiger partial charge in [0.15, 0.2) is 6.67 Å². The largest absolute Gasteiger partial charge is 0.326 e. The standard InChI is InChI=1S/C22H26N6OS/c1-16-7-6-10-20(17(16)2)28-22(30)27(24-25-28)15-26-13-11-18(12-14-26)21(29)23-19-8-4-3-5-9-19/h3-10,18H,11-15H2,1-2H3,(H,23,29)/p+1. The fourth-order valence-electron chi connectivity index (χ4n) is 3.91. The number of para-hydroxylation sites is 1. The number of piperidine rings is 1. The van der Waals surface area contributed by atoms with E-state index in [0.29, 0.717) is 11.4 Å². The van der Waals surface area contributed by atoms with Crippen molar-refractivity contribution in [1.29, 1.82) is 0 Å². The van der Waals surface area contributed by atoms with E-state index < -0.39 is 0 Å². The molecule has 2 aromatic carbocycles. The third-order valence-electron chi connectivity index (χ3n) is 5.92. The summed E-state index contributed by atoms with van der Waals surface area (Å²) in [5, 5.41) is 11.6. The predicted molar refractivity (Wildman–Crippen MR) is 118 cm³/mol. The van der Waals surface area contributed by atoms with Gasteiger partial charge in [-0.05, 0) is 65.8 Å². The zero-order valence-corrected chi connectivity index (χ0v) is 18.2. The number of carbonyl (C=O) groups excluding carboxylic acids is 1. The van der Waals surface area contributed by atoms with E-state index in [2.05, 4.69) is 35.7 Å². The fraction of sp³-hybridized carbons (Fsp3) is 0.364. The van der Waals surface area contributed by atoms with Crippen molar-refractivity contribution in [3.05, 3.63) is 64.4 Å². The maximum absolute atomic E-state index is 12.5. The van der Waals surface area contributed by atoms with Gasteiger partial charge in [-0.2, -0.15) is 9.36 Å². The monoisotopic (exact) mass is 423 g/mol. The molecular weight excluding hydrogens is 396 g/mol. The van der Waals surface area contributed by atoms with Crippen LogP contribution >= 0.6 is 12.2 Å². The summed E-state index contributed by atoms with van der Waals surface area (Å²) in [6, 6.07) is 15.7. The highest BCUT2D eigenvalue weighted by molar-refractivity contribution is 7.71. The van der Waals surface area contributed by atoms with E-state index in [1.807, 2.05) is 42.5 Å². The van der Waals surface area contributed by atoms with Crippen LogP contribution in [0.15, 0.2) is 48.5 Å². The Labute approximate surface area is 181 Å². The summed E-state index contributed by atoms with van der Waals surface area (Å²) >= 11 is 5.64. The molecule has 0 atom stereocenters. The molecule has 1 aromatic heterocycles. The quantitative estimate of drug-likeness (QED) is 0.618. The van der Waals surface area contributed by atoms with Crippen molar-refractivity contribution >= 4 is 23.8 Å². The number of aromatic nitrogens is 4. The second kappa shape index (κ2) is 8.89. The first-order valence-corrected chi connectivity index (χ1v) is 10.7. The summed E-state index contributed by atoms with van der Waals surface area (Å²) < 4.78 is 4.12. The number of hydrogen-bond donors (Lipinski definition) is 2. The molecule has 2 N–H and O–H groups in total. The number of aryl methyl sites for hydroxylation is 1. The average Bonchev–Trinajstić information content (AvgIpc) is 3.11. The number of benzene rings is 2. The Morgan fingerprint density at radius 2 is 1.83 bits per heavy atom. The van der Waals surface area contributed by atoms with Gasteiger partial charge in [0.2, 0.25) is 10.7 Å². The topological polar surface area (TPSA) is 69.2 Å². The van der Waals surface area contributed by atoms with Crippen LogP contribution in [-0.4, -0.2) is 38.8 Å². The van der Waals surface area contributed by atoms with Crippen molar-refractivity contribution in [2.45, 2.75) is 33.4 Å². The summed E-state index contributed by atoms with van der Waals surface area (Å²) in [7, 11) is 0. The first-order chi connectivity index (χ1) is 14.5. The number of tetrazole rings is 1. The average molecular weight is 424 g/mol. The van der Waals surface area contributed by atoms with Crippen LogP contribution in [0.5, 0.6) is 0 Å². The van der Waals surface area contributed by atoms with Crippen LogP contribution in [0.25, 0.3) is 5.69 Å². The maximum Gasteiger partial charge on any atom is 0.227 e. The SMILES string of the molecule is Cc1cccc(-n2nnn(C[NH+]3CCC(C(=O)Nc4ccccc4)CC3)c2=S)c1C. The number of anilines is 1. The molecule has 0 spiro atoms. The lowest BCUT2D eigenvalue weighted by Gasteiger charge is -2.28. The van der Waals surface area contributed by atoms with Crippen LogP contribution in [0.2, 0.25) is 0 Å². The Bertz CT molecular complexity index is 1080. The molecule has 2 heterocycles. The lowest BCUT2D eigenvalue weighted by atomic mass is 9.96. The minimum Gasteiger partial charge on any atom is -0.326 e. The van der Waals surface area contributed by atoms with Crippen LogP contribution < -0.4 is 10.2 Å². The molecule has 30 heavy (non-hydrogen) atoms. The molecule has 156 valence electrons. The predicted octanol–water partition coefficient (Wildman–Crippen LogP) is 2.31. The van der Waals surface area contributed by atoms with E-state index in [1.54, 1.807) is 9.36 Å². The van der Waals surface area contributed by atoms with Gasteiger partial charge < -0.3 is 10.2 Å². The van der Waals surface area contributed by atoms with Crippen LogP contribution in [0, 0.1) is 24.5 Å². The van der Waals surface area contributed by atoms with Crippen LogP contribution in [0.1, 0.15) is 24.0 Å². The van der Waals surface area contributed by atoms with E-state index in [-0.39, 0.29) is 11.8 Å². The molecule has 1 saturated heterocycles. The third-order valence-corrected chi connectivity index (χ3v) is 6.31. The molecule has 0 saturated carbocycles. The Kier molecular flexibility index (Phi) is 6.06. The van der Waals surface area contributed by atoms with Crippen molar-refractivity contribution in [3.8, 4) is 5.69 Å². The van der Waals surface area contributed by atoms with Gasteiger partial charge in [-0.25, -0.2) is 0 Å². The third kappa shape index (κ3) is 4.34. The Morgan fingerprint density at radius 3 is 2.57 bits per heavy atom. The molecule has 0 aliphatic carbocycles. The van der Waals surface area contributed by atoms with Crippen molar-refractivity contribution in [2.75, 3.05) is 18.4 Å². The number of nitrogens with zero attached hydrogens (tertiary/aromatic N) is 4. The molecule has 4 rings (SSSR count). The van der Waals surface area contributed by atoms with Gasteiger partial charge in [0.1, 0.15) is 0 Å². The summed E-state index contributed by atoms with van der Waals surface area (Å²) in [6.07, 6.45) is 1.71. The minimum atomic E-state index is 0.0487. The maximum atomic E-state index is 12.5. The van der Waals surface area contributed by atoms with Gasteiger partial charge in [-0.15, -0.1) is 0 Å². The normalized spacial score (nSPS) is 18.9. The van der Waals surface area contributed by atoms with Crippen LogP contribution in [0.3, 0.4) is 0 Å². The highest BCUT2D eigenvalue weighted by Crippen LogP contribution is 2.17. The van der Waals surface area contributed by atoms with Gasteiger partial charge in [0.05, 0.1) is 18.8 Å². The van der Waals surface area contributed by atoms with Gasteiger partial charge >= 0.3 is 0 Å². The van der Waals surface area contributed by atoms with E-state index in [4.69, 9.17) is 12.2 Å². The van der Waals surface area contributed by atoms with Crippen molar-refractivity contribution < 1.29 is 9.69 Å². The molecule has 7 nitrogen and oxygen atoms in total. The van der Waals surface area contributed by atoms with E-state index >= 15 is 0 Å². The van der Waals surface area contributed by atoms with Crippen molar-refractivity contribution in [3.63, 3.8) is 0 Å². The number of carbonyl (C=O) groups is 1. The molecular formula is C22H27N6OS+. The van der Waals surface area contributed by atoms with E-state index in [9.17, 15) is 4.79 Å². The lowest BCUT2D eigenvalue weighted by molar-refractivity contribution is -0.929. The zero-order valence-electron chi connectivity index (χ0n) is 17.3. The molecule has 1 fully saturated rings. The Balaban J connectivity index is 1.37. The van der Waals surface area contributed by atoms with Gasteiger partial charge in [0, 0.05) is 24.4 Å². The summed E-state index contributed by atoms with van der Waals surface area (Å²) in [5.74, 6) is 0.158. The number of amides is 1. The molecule has 1 aliphatic rings. The summed E-state index contributed by atoms with van der Waals surface area (Å²) in [6.45, 7) is 6.63. The Morgan fingerprint density at radius 1 is 1.10 bits per heavy atom.